The number of ether oxygens (including phenoxy) is 2. The molecular weight excluding hydrogens is 415 g/mol. The molecule has 1 atom stereocenters. The normalized spacial score (nSPS) is 16.0. The number of hydrogen-bond acceptors (Lipinski definition) is 5. The van der Waals surface area contributed by atoms with Gasteiger partial charge in [0.05, 0.1) is 0 Å². The van der Waals surface area contributed by atoms with Crippen LogP contribution >= 0.6 is 0 Å². The minimum atomic E-state index is -1.29. The predicted molar refractivity (Wildman–Crippen MR) is 103 cm³/mol. The largest absolute Gasteiger partial charge is 0.454 e. The Kier molecular flexibility index (Phi) is 5.73. The van der Waals surface area contributed by atoms with E-state index in [1.807, 2.05) is 0 Å². The zero-order valence-electron chi connectivity index (χ0n) is 16.4. The third kappa shape index (κ3) is 4.29. The number of carbonyl (C=O) groups is 2. The first-order valence-corrected chi connectivity index (χ1v) is 9.74. The van der Waals surface area contributed by atoms with Gasteiger partial charge in [0, 0.05) is 37.2 Å². The number of carbonyl (C=O) groups excluding carboxylic acids is 2. The third-order valence-corrected chi connectivity index (χ3v) is 5.18. The van der Waals surface area contributed by atoms with Crippen molar-refractivity contribution in [1.29, 1.82) is 0 Å². The maximum absolute atomic E-state index is 13.8. The summed E-state index contributed by atoms with van der Waals surface area (Å²) in [5.74, 6) is -3.19. The van der Waals surface area contributed by atoms with Crippen LogP contribution in [0.15, 0.2) is 30.3 Å². The summed E-state index contributed by atoms with van der Waals surface area (Å²) in [7, 11) is 0. The van der Waals surface area contributed by atoms with Crippen molar-refractivity contribution >= 4 is 11.8 Å². The fourth-order valence-corrected chi connectivity index (χ4v) is 3.67. The van der Waals surface area contributed by atoms with Gasteiger partial charge >= 0.3 is 0 Å². The van der Waals surface area contributed by atoms with Gasteiger partial charge in [-0.05, 0) is 42.7 Å². The fraction of sp³-hybridized carbons (Fsp3) is 0.333. The van der Waals surface area contributed by atoms with Crippen LogP contribution in [-0.4, -0.2) is 47.8 Å². The summed E-state index contributed by atoms with van der Waals surface area (Å²) in [6.07, 6.45) is 0.247. The highest BCUT2D eigenvalue weighted by molar-refractivity contribution is 5.96. The van der Waals surface area contributed by atoms with Crippen LogP contribution < -0.4 is 15.2 Å². The molecule has 2 aromatic rings. The van der Waals surface area contributed by atoms with Gasteiger partial charge in [0.25, 0.3) is 5.91 Å². The second-order valence-electron chi connectivity index (χ2n) is 7.39. The minimum Gasteiger partial charge on any atom is -0.454 e. The maximum atomic E-state index is 13.8. The topological polar surface area (TPSA) is 85.1 Å². The lowest BCUT2D eigenvalue weighted by Gasteiger charge is -2.29. The number of rotatable bonds is 5. The number of halogens is 3. The number of amides is 2. The number of fused-ring (bicyclic) bond motifs is 1. The Morgan fingerprint density at radius 2 is 1.68 bits per heavy atom. The van der Waals surface area contributed by atoms with Gasteiger partial charge in [0.2, 0.25) is 12.7 Å². The summed E-state index contributed by atoms with van der Waals surface area (Å²) in [6.45, 7) is 0.769. The van der Waals surface area contributed by atoms with Crippen molar-refractivity contribution in [3.05, 3.63) is 58.9 Å². The quantitative estimate of drug-likeness (QED) is 0.729. The van der Waals surface area contributed by atoms with Crippen molar-refractivity contribution in [2.24, 2.45) is 5.73 Å². The van der Waals surface area contributed by atoms with E-state index in [1.54, 1.807) is 18.2 Å². The molecule has 0 unspecified atom stereocenters. The van der Waals surface area contributed by atoms with Crippen LogP contribution in [0.3, 0.4) is 0 Å². The molecule has 2 aromatic carbocycles. The van der Waals surface area contributed by atoms with E-state index in [9.17, 15) is 22.8 Å². The summed E-state index contributed by atoms with van der Waals surface area (Å²) in [5.41, 5.74) is 6.19. The Labute approximate surface area is 176 Å². The van der Waals surface area contributed by atoms with E-state index in [0.29, 0.717) is 42.6 Å². The number of nitrogens with two attached hydrogens (primary N) is 1. The van der Waals surface area contributed by atoms with Crippen LogP contribution in [0.4, 0.5) is 13.2 Å². The first-order valence-electron chi connectivity index (χ1n) is 9.74. The van der Waals surface area contributed by atoms with Crippen LogP contribution in [0.2, 0.25) is 0 Å². The van der Waals surface area contributed by atoms with Gasteiger partial charge in [-0.25, -0.2) is 18.2 Å². The SMILES string of the molecule is N[C@@H](CC(=O)N1CCCN1C(=O)c1ccc2c(c1)OCO2)Cc1cc(F)c(F)cc1F. The van der Waals surface area contributed by atoms with E-state index in [1.165, 1.54) is 10.0 Å². The third-order valence-electron chi connectivity index (χ3n) is 5.18. The molecule has 2 N–H and O–H groups in total. The fourth-order valence-electron chi connectivity index (χ4n) is 3.67. The summed E-state index contributed by atoms with van der Waals surface area (Å²) < 4.78 is 50.8. The van der Waals surface area contributed by atoms with E-state index >= 15 is 0 Å². The van der Waals surface area contributed by atoms with E-state index in [4.69, 9.17) is 15.2 Å². The molecule has 0 radical (unpaired) electrons. The smallest absolute Gasteiger partial charge is 0.272 e. The summed E-state index contributed by atoms with van der Waals surface area (Å²) in [5, 5.41) is 2.65. The molecule has 10 heteroatoms. The lowest BCUT2D eigenvalue weighted by Crippen LogP contribution is -2.46. The number of hydrogen-bond donors (Lipinski definition) is 1. The van der Waals surface area contributed by atoms with Crippen LogP contribution in [0.25, 0.3) is 0 Å². The average Bonchev–Trinajstić information content (AvgIpc) is 3.40. The number of benzene rings is 2. The second kappa shape index (κ2) is 8.46. The highest BCUT2D eigenvalue weighted by Crippen LogP contribution is 2.33. The molecular formula is C21H20F3N3O4. The first kappa shape index (κ1) is 21.0. The van der Waals surface area contributed by atoms with Crippen molar-refractivity contribution in [2.75, 3.05) is 19.9 Å². The van der Waals surface area contributed by atoms with Crippen LogP contribution in [0.1, 0.15) is 28.8 Å². The molecule has 4 rings (SSSR count). The molecule has 0 bridgehead atoms. The molecule has 1 saturated heterocycles. The molecule has 31 heavy (non-hydrogen) atoms. The molecule has 2 amide bonds. The Morgan fingerprint density at radius 1 is 0.968 bits per heavy atom. The molecule has 2 heterocycles. The van der Waals surface area contributed by atoms with Gasteiger partial charge in [0.15, 0.2) is 23.1 Å². The summed E-state index contributed by atoms with van der Waals surface area (Å²) >= 11 is 0. The molecule has 0 saturated carbocycles. The molecule has 0 aromatic heterocycles. The van der Waals surface area contributed by atoms with E-state index in [0.717, 1.165) is 6.07 Å². The van der Waals surface area contributed by atoms with Crippen LogP contribution in [0.5, 0.6) is 11.5 Å². The summed E-state index contributed by atoms with van der Waals surface area (Å²) in [4.78, 5) is 25.7. The van der Waals surface area contributed by atoms with Gasteiger partial charge in [-0.2, -0.15) is 0 Å². The predicted octanol–water partition coefficient (Wildman–Crippen LogP) is 2.38. The molecule has 2 aliphatic rings. The first-order chi connectivity index (χ1) is 14.8. The molecule has 0 spiro atoms. The van der Waals surface area contributed by atoms with Gasteiger partial charge in [0.1, 0.15) is 5.82 Å². The standard InChI is InChI=1S/C21H20F3N3O4/c22-15-10-17(24)16(23)7-13(15)6-14(25)9-20(28)26-4-1-5-27(26)21(29)12-2-3-18-19(8-12)31-11-30-18/h2-3,7-8,10,14H,1,4-6,9,11,25H2/t14-/m1/s1. The highest BCUT2D eigenvalue weighted by atomic mass is 19.2. The molecule has 1 fully saturated rings. The highest BCUT2D eigenvalue weighted by Gasteiger charge is 2.32. The zero-order valence-corrected chi connectivity index (χ0v) is 16.4. The average molecular weight is 435 g/mol. The minimum absolute atomic E-state index is 0.0811. The molecule has 2 aliphatic heterocycles. The Hall–Kier alpha value is -3.27. The van der Waals surface area contributed by atoms with Crippen molar-refractivity contribution < 1.29 is 32.2 Å². The maximum Gasteiger partial charge on any atom is 0.272 e. The van der Waals surface area contributed by atoms with Crippen LogP contribution in [-0.2, 0) is 11.2 Å². The molecule has 0 aliphatic carbocycles. The van der Waals surface area contributed by atoms with E-state index in [-0.39, 0.29) is 31.1 Å². The van der Waals surface area contributed by atoms with Gasteiger partial charge in [-0.3, -0.25) is 14.6 Å². The van der Waals surface area contributed by atoms with Crippen LogP contribution in [0, 0.1) is 17.5 Å². The summed E-state index contributed by atoms with van der Waals surface area (Å²) in [6, 6.07) is 5.13. The van der Waals surface area contributed by atoms with E-state index in [2.05, 4.69) is 0 Å². The van der Waals surface area contributed by atoms with Crippen molar-refractivity contribution in [3.63, 3.8) is 0 Å². The Balaban J connectivity index is 1.42. The van der Waals surface area contributed by atoms with Gasteiger partial charge < -0.3 is 15.2 Å². The van der Waals surface area contributed by atoms with Crippen molar-refractivity contribution in [2.45, 2.75) is 25.3 Å². The van der Waals surface area contributed by atoms with E-state index < -0.39 is 29.4 Å². The second-order valence-corrected chi connectivity index (χ2v) is 7.39. The lowest BCUT2D eigenvalue weighted by molar-refractivity contribution is -0.140. The lowest BCUT2D eigenvalue weighted by atomic mass is 10.0. The number of hydrazine groups is 1. The Bertz CT molecular complexity index is 1030. The molecule has 164 valence electrons. The Morgan fingerprint density at radius 3 is 2.48 bits per heavy atom. The van der Waals surface area contributed by atoms with Gasteiger partial charge in [-0.1, -0.05) is 0 Å². The monoisotopic (exact) mass is 435 g/mol. The molecule has 7 nitrogen and oxygen atoms in total. The van der Waals surface area contributed by atoms with Crippen molar-refractivity contribution in [1.82, 2.24) is 10.0 Å². The zero-order chi connectivity index (χ0) is 22.1. The van der Waals surface area contributed by atoms with Gasteiger partial charge in [-0.15, -0.1) is 0 Å². The number of nitrogens with zero attached hydrogens (tertiary/aromatic N) is 2. The van der Waals surface area contributed by atoms with Crippen molar-refractivity contribution in [3.8, 4) is 11.5 Å².